The van der Waals surface area contributed by atoms with Gasteiger partial charge in [0.2, 0.25) is 0 Å². The van der Waals surface area contributed by atoms with Gasteiger partial charge in [0, 0.05) is 6.07 Å². The standard InChI is InChI=1S/C10H12N2O4/c1-6(13)8(10(15)16)12-9(14)7-3-2-4-11-5-7/h2-6,8,13H,1H3,(H,12,14)(H,15,16)/p+1. The number of pyridine rings is 1. The maximum Gasteiger partial charge on any atom is 0.328 e. The van der Waals surface area contributed by atoms with Crippen LogP contribution in [-0.4, -0.2) is 34.2 Å². The molecule has 0 saturated carbocycles. The highest BCUT2D eigenvalue weighted by atomic mass is 16.4. The highest BCUT2D eigenvalue weighted by Gasteiger charge is 2.25. The van der Waals surface area contributed by atoms with Crippen LogP contribution in [0.3, 0.4) is 0 Å². The number of carboxylic acids is 1. The average molecular weight is 225 g/mol. The minimum Gasteiger partial charge on any atom is -0.480 e. The van der Waals surface area contributed by atoms with E-state index in [-0.39, 0.29) is 0 Å². The SMILES string of the molecule is CC(O)C(NC(=O)c1ccc[nH+]c1)C(=O)O. The number of aromatic amines is 1. The van der Waals surface area contributed by atoms with Crippen molar-refractivity contribution in [1.82, 2.24) is 5.32 Å². The molecule has 6 heteroatoms. The lowest BCUT2D eigenvalue weighted by atomic mass is 10.1. The van der Waals surface area contributed by atoms with E-state index in [1.165, 1.54) is 19.2 Å². The molecular weight excluding hydrogens is 212 g/mol. The maximum atomic E-state index is 11.6. The van der Waals surface area contributed by atoms with Crippen molar-refractivity contribution in [3.8, 4) is 0 Å². The molecule has 86 valence electrons. The summed E-state index contributed by atoms with van der Waals surface area (Å²) < 4.78 is 0. The molecule has 1 aromatic heterocycles. The van der Waals surface area contributed by atoms with E-state index in [1.54, 1.807) is 12.3 Å². The summed E-state index contributed by atoms with van der Waals surface area (Å²) in [5.41, 5.74) is 0.300. The number of carboxylic acid groups (broad SMARTS) is 1. The van der Waals surface area contributed by atoms with Crippen molar-refractivity contribution >= 4 is 11.9 Å². The van der Waals surface area contributed by atoms with Gasteiger partial charge in [-0.2, -0.15) is 0 Å². The Balaban J connectivity index is 2.74. The van der Waals surface area contributed by atoms with Gasteiger partial charge in [-0.05, 0) is 13.0 Å². The lowest BCUT2D eigenvalue weighted by Crippen LogP contribution is -2.47. The predicted octanol–water partition coefficient (Wildman–Crippen LogP) is -0.936. The summed E-state index contributed by atoms with van der Waals surface area (Å²) in [5.74, 6) is -1.83. The molecule has 0 saturated heterocycles. The predicted molar refractivity (Wildman–Crippen MR) is 53.6 cm³/mol. The third kappa shape index (κ3) is 3.03. The van der Waals surface area contributed by atoms with E-state index in [9.17, 15) is 14.7 Å². The Hall–Kier alpha value is -1.95. The molecule has 1 rings (SSSR count). The van der Waals surface area contributed by atoms with Crippen LogP contribution in [0.15, 0.2) is 24.5 Å². The lowest BCUT2D eigenvalue weighted by Gasteiger charge is -2.16. The van der Waals surface area contributed by atoms with Crippen LogP contribution in [0.5, 0.6) is 0 Å². The second-order valence-electron chi connectivity index (χ2n) is 3.32. The quantitative estimate of drug-likeness (QED) is 0.615. The zero-order chi connectivity index (χ0) is 12.1. The van der Waals surface area contributed by atoms with Crippen molar-refractivity contribution in [2.75, 3.05) is 0 Å². The first-order valence-corrected chi connectivity index (χ1v) is 4.70. The second-order valence-corrected chi connectivity index (χ2v) is 3.32. The third-order valence-corrected chi connectivity index (χ3v) is 2.00. The summed E-state index contributed by atoms with van der Waals surface area (Å²) in [4.78, 5) is 25.0. The summed E-state index contributed by atoms with van der Waals surface area (Å²) in [5, 5.41) is 20.2. The Morgan fingerprint density at radius 3 is 2.62 bits per heavy atom. The number of carbonyl (C=O) groups excluding carboxylic acids is 1. The van der Waals surface area contributed by atoms with Gasteiger partial charge in [-0.3, -0.25) is 4.79 Å². The molecule has 0 spiro atoms. The molecule has 0 aliphatic rings. The Labute approximate surface area is 91.9 Å². The molecule has 2 atom stereocenters. The summed E-state index contributed by atoms with van der Waals surface area (Å²) in [6.45, 7) is 1.30. The van der Waals surface area contributed by atoms with Gasteiger partial charge in [0.25, 0.3) is 5.91 Å². The molecule has 0 bridgehead atoms. The molecule has 0 aliphatic carbocycles. The molecule has 0 radical (unpaired) electrons. The van der Waals surface area contributed by atoms with Gasteiger partial charge in [-0.1, -0.05) is 0 Å². The molecule has 4 N–H and O–H groups in total. The van der Waals surface area contributed by atoms with E-state index in [0.717, 1.165) is 0 Å². The van der Waals surface area contributed by atoms with E-state index in [1.807, 2.05) is 0 Å². The number of hydrogen-bond acceptors (Lipinski definition) is 3. The van der Waals surface area contributed by atoms with Crippen LogP contribution < -0.4 is 10.3 Å². The minimum atomic E-state index is -1.31. The first-order chi connectivity index (χ1) is 7.52. The fourth-order valence-corrected chi connectivity index (χ4v) is 1.15. The molecule has 1 aromatic rings. The van der Waals surface area contributed by atoms with Crippen molar-refractivity contribution in [1.29, 1.82) is 0 Å². The largest absolute Gasteiger partial charge is 0.480 e. The first kappa shape index (κ1) is 12.1. The van der Waals surface area contributed by atoms with Crippen LogP contribution in [-0.2, 0) is 4.79 Å². The lowest BCUT2D eigenvalue weighted by molar-refractivity contribution is -0.378. The molecule has 0 aromatic carbocycles. The molecule has 16 heavy (non-hydrogen) atoms. The van der Waals surface area contributed by atoms with Crippen molar-refractivity contribution < 1.29 is 24.8 Å². The number of carbonyl (C=O) groups is 2. The van der Waals surface area contributed by atoms with Gasteiger partial charge in [0.15, 0.2) is 18.4 Å². The van der Waals surface area contributed by atoms with E-state index in [2.05, 4.69) is 10.3 Å². The molecule has 1 heterocycles. The van der Waals surface area contributed by atoms with Crippen molar-refractivity contribution in [3.63, 3.8) is 0 Å². The van der Waals surface area contributed by atoms with Crippen LogP contribution in [0.2, 0.25) is 0 Å². The van der Waals surface area contributed by atoms with Crippen molar-refractivity contribution in [3.05, 3.63) is 30.1 Å². The zero-order valence-corrected chi connectivity index (χ0v) is 8.68. The number of aliphatic hydroxyl groups excluding tert-OH is 1. The van der Waals surface area contributed by atoms with E-state index >= 15 is 0 Å². The molecule has 0 fully saturated rings. The fraction of sp³-hybridized carbons (Fsp3) is 0.300. The Morgan fingerprint density at radius 2 is 2.19 bits per heavy atom. The average Bonchev–Trinajstić information content (AvgIpc) is 2.25. The van der Waals surface area contributed by atoms with Gasteiger partial charge in [-0.15, -0.1) is 0 Å². The van der Waals surface area contributed by atoms with Gasteiger partial charge in [-0.25, -0.2) is 9.78 Å². The first-order valence-electron chi connectivity index (χ1n) is 4.70. The monoisotopic (exact) mass is 225 g/mol. The Bertz CT molecular complexity index is 378. The normalized spacial score (nSPS) is 13.9. The Morgan fingerprint density at radius 1 is 1.50 bits per heavy atom. The van der Waals surface area contributed by atoms with Crippen LogP contribution in [0, 0.1) is 0 Å². The Kier molecular flexibility index (Phi) is 3.96. The van der Waals surface area contributed by atoms with E-state index in [4.69, 9.17) is 5.11 Å². The van der Waals surface area contributed by atoms with Gasteiger partial charge >= 0.3 is 5.97 Å². The van der Waals surface area contributed by atoms with E-state index in [0.29, 0.717) is 5.56 Å². The number of aliphatic carboxylic acids is 1. The zero-order valence-electron chi connectivity index (χ0n) is 8.68. The number of H-pyrrole nitrogens is 1. The van der Waals surface area contributed by atoms with Gasteiger partial charge in [0.1, 0.15) is 5.56 Å². The van der Waals surface area contributed by atoms with Crippen LogP contribution >= 0.6 is 0 Å². The summed E-state index contributed by atoms with van der Waals surface area (Å²) in [7, 11) is 0. The van der Waals surface area contributed by atoms with Crippen molar-refractivity contribution in [2.24, 2.45) is 0 Å². The summed E-state index contributed by atoms with van der Waals surface area (Å²) >= 11 is 0. The number of aliphatic hydroxyl groups is 1. The van der Waals surface area contributed by atoms with Gasteiger partial charge < -0.3 is 15.5 Å². The van der Waals surface area contributed by atoms with Crippen molar-refractivity contribution in [2.45, 2.75) is 19.1 Å². The summed E-state index contributed by atoms with van der Waals surface area (Å²) in [6, 6.07) is 1.84. The third-order valence-electron chi connectivity index (χ3n) is 2.00. The van der Waals surface area contributed by atoms with Crippen LogP contribution in [0.25, 0.3) is 0 Å². The smallest absolute Gasteiger partial charge is 0.328 e. The number of nitrogens with one attached hydrogen (secondary N) is 2. The molecule has 2 unspecified atom stereocenters. The fourth-order valence-electron chi connectivity index (χ4n) is 1.15. The highest BCUT2D eigenvalue weighted by molar-refractivity contribution is 5.96. The highest BCUT2D eigenvalue weighted by Crippen LogP contribution is 1.98. The van der Waals surface area contributed by atoms with E-state index < -0.39 is 24.0 Å². The molecule has 6 nitrogen and oxygen atoms in total. The molecular formula is C10H13N2O4+. The number of hydrogen-bond donors (Lipinski definition) is 3. The number of aromatic nitrogens is 1. The molecule has 0 aliphatic heterocycles. The topological polar surface area (TPSA) is 101 Å². The van der Waals surface area contributed by atoms with Crippen LogP contribution in [0.4, 0.5) is 0 Å². The summed E-state index contributed by atoms with van der Waals surface area (Å²) in [6.07, 6.45) is 1.91. The number of rotatable bonds is 4. The molecule has 1 amide bonds. The second kappa shape index (κ2) is 5.22. The maximum absolute atomic E-state index is 11.6. The number of amides is 1. The minimum absolute atomic E-state index is 0.300. The van der Waals surface area contributed by atoms with Gasteiger partial charge in [0.05, 0.1) is 6.10 Å². The van der Waals surface area contributed by atoms with Crippen LogP contribution in [0.1, 0.15) is 17.3 Å².